The van der Waals surface area contributed by atoms with E-state index < -0.39 is 0 Å². The number of anilines is 1. The van der Waals surface area contributed by atoms with Gasteiger partial charge in [0.25, 0.3) is 5.91 Å². The molecule has 0 atom stereocenters. The van der Waals surface area contributed by atoms with Crippen LogP contribution < -0.4 is 20.1 Å². The van der Waals surface area contributed by atoms with E-state index in [9.17, 15) is 4.79 Å². The first-order chi connectivity index (χ1) is 14.0. The van der Waals surface area contributed by atoms with E-state index in [0.717, 1.165) is 35.8 Å². The highest BCUT2D eigenvalue weighted by Crippen LogP contribution is 2.27. The lowest BCUT2D eigenvalue weighted by Gasteiger charge is -2.14. The highest BCUT2D eigenvalue weighted by atomic mass is 79.9. The number of para-hydroxylation sites is 2. The molecule has 29 heavy (non-hydrogen) atoms. The lowest BCUT2D eigenvalue weighted by molar-refractivity contribution is 0.0977. The minimum atomic E-state index is -0.298. The summed E-state index contributed by atoms with van der Waals surface area (Å²) >= 11 is 8.76. The second-order valence-corrected chi connectivity index (χ2v) is 7.72. The SMILES string of the molecule is CCCCOc1ccc(C(=O)NC(=S)Nc2ccccc2OCCCC)cc1Br. The molecule has 0 aromatic heterocycles. The first-order valence-corrected chi connectivity index (χ1v) is 11.0. The number of rotatable bonds is 10. The standard InChI is InChI=1S/C22H27BrN2O3S/c1-3-5-13-27-19-12-11-16(15-17(19)23)21(26)25-22(29)24-18-9-7-8-10-20(18)28-14-6-4-2/h7-12,15H,3-6,13-14H2,1-2H3,(H2,24,25,26,29). The van der Waals surface area contributed by atoms with Crippen molar-refractivity contribution in [2.24, 2.45) is 0 Å². The van der Waals surface area contributed by atoms with Crippen LogP contribution in [0.15, 0.2) is 46.9 Å². The summed E-state index contributed by atoms with van der Waals surface area (Å²) in [6.45, 7) is 5.50. The third-order valence-electron chi connectivity index (χ3n) is 4.07. The van der Waals surface area contributed by atoms with Gasteiger partial charge in [-0.25, -0.2) is 0 Å². The number of amides is 1. The zero-order valence-corrected chi connectivity index (χ0v) is 19.2. The molecule has 0 fully saturated rings. The van der Waals surface area contributed by atoms with Gasteiger partial charge in [0.1, 0.15) is 11.5 Å². The van der Waals surface area contributed by atoms with Gasteiger partial charge in [-0.1, -0.05) is 38.8 Å². The van der Waals surface area contributed by atoms with Crippen molar-refractivity contribution < 1.29 is 14.3 Å². The molecule has 1 amide bonds. The number of carbonyl (C=O) groups is 1. The number of benzene rings is 2. The van der Waals surface area contributed by atoms with Gasteiger partial charge in [-0.05, 0) is 71.3 Å². The van der Waals surface area contributed by atoms with E-state index >= 15 is 0 Å². The lowest BCUT2D eigenvalue weighted by Crippen LogP contribution is -2.34. The highest BCUT2D eigenvalue weighted by Gasteiger charge is 2.12. The number of thiocarbonyl (C=S) groups is 1. The molecule has 0 aliphatic rings. The van der Waals surface area contributed by atoms with Crippen LogP contribution in [0.1, 0.15) is 49.9 Å². The molecule has 2 aromatic carbocycles. The Balaban J connectivity index is 1.95. The third kappa shape index (κ3) is 7.66. The first kappa shape index (κ1) is 23.2. The van der Waals surface area contributed by atoms with Gasteiger partial charge in [0.2, 0.25) is 0 Å². The molecule has 0 spiro atoms. The molecule has 0 radical (unpaired) electrons. The average Bonchev–Trinajstić information content (AvgIpc) is 2.70. The number of hydrogen-bond acceptors (Lipinski definition) is 4. The Labute approximate surface area is 186 Å². The maximum absolute atomic E-state index is 12.5. The monoisotopic (exact) mass is 478 g/mol. The summed E-state index contributed by atoms with van der Waals surface area (Å²) in [6, 6.07) is 12.7. The molecule has 0 aliphatic heterocycles. The quantitative estimate of drug-likeness (QED) is 0.327. The van der Waals surface area contributed by atoms with Gasteiger partial charge in [-0.3, -0.25) is 10.1 Å². The van der Waals surface area contributed by atoms with Crippen LogP contribution in [-0.2, 0) is 0 Å². The number of ether oxygens (including phenoxy) is 2. The van der Waals surface area contributed by atoms with E-state index in [4.69, 9.17) is 21.7 Å². The van der Waals surface area contributed by atoms with Crippen molar-refractivity contribution in [1.82, 2.24) is 5.32 Å². The fraction of sp³-hybridized carbons (Fsp3) is 0.364. The van der Waals surface area contributed by atoms with Crippen molar-refractivity contribution in [2.75, 3.05) is 18.5 Å². The summed E-state index contributed by atoms with van der Waals surface area (Å²) in [7, 11) is 0. The molecular formula is C22H27BrN2O3S. The molecule has 0 saturated heterocycles. The summed E-state index contributed by atoms with van der Waals surface area (Å²) in [5.74, 6) is 1.12. The van der Waals surface area contributed by atoms with Gasteiger partial charge >= 0.3 is 0 Å². The molecule has 2 rings (SSSR count). The molecule has 2 aromatic rings. The number of hydrogen-bond donors (Lipinski definition) is 2. The van der Waals surface area contributed by atoms with Crippen molar-refractivity contribution in [1.29, 1.82) is 0 Å². The van der Waals surface area contributed by atoms with Crippen LogP contribution in [0.2, 0.25) is 0 Å². The molecular weight excluding hydrogens is 452 g/mol. The fourth-order valence-electron chi connectivity index (χ4n) is 2.44. The lowest BCUT2D eigenvalue weighted by atomic mass is 10.2. The predicted molar refractivity (Wildman–Crippen MR) is 125 cm³/mol. The van der Waals surface area contributed by atoms with Crippen LogP contribution in [0.5, 0.6) is 11.5 Å². The van der Waals surface area contributed by atoms with Crippen molar-refractivity contribution >= 4 is 44.9 Å². The molecule has 5 nitrogen and oxygen atoms in total. The Morgan fingerprint density at radius 1 is 1.00 bits per heavy atom. The highest BCUT2D eigenvalue weighted by molar-refractivity contribution is 9.10. The number of unbranched alkanes of at least 4 members (excludes halogenated alkanes) is 2. The van der Waals surface area contributed by atoms with Gasteiger partial charge in [-0.15, -0.1) is 0 Å². The molecule has 0 unspecified atom stereocenters. The van der Waals surface area contributed by atoms with Gasteiger partial charge < -0.3 is 14.8 Å². The first-order valence-electron chi connectivity index (χ1n) is 9.81. The maximum atomic E-state index is 12.5. The van der Waals surface area contributed by atoms with E-state index in [1.165, 1.54) is 0 Å². The smallest absolute Gasteiger partial charge is 0.257 e. The maximum Gasteiger partial charge on any atom is 0.257 e. The van der Waals surface area contributed by atoms with Crippen LogP contribution >= 0.6 is 28.1 Å². The summed E-state index contributed by atoms with van der Waals surface area (Å²) in [5.41, 5.74) is 1.20. The Bertz CT molecular complexity index is 829. The van der Waals surface area contributed by atoms with Crippen LogP contribution in [0.25, 0.3) is 0 Å². The number of carbonyl (C=O) groups excluding carboxylic acids is 1. The van der Waals surface area contributed by atoms with Gasteiger partial charge in [0, 0.05) is 5.56 Å². The van der Waals surface area contributed by atoms with Gasteiger partial charge in [0.15, 0.2) is 5.11 Å². The Hall–Kier alpha value is -2.12. The molecule has 7 heteroatoms. The van der Waals surface area contributed by atoms with Crippen molar-refractivity contribution in [3.8, 4) is 11.5 Å². The summed E-state index contributed by atoms with van der Waals surface area (Å²) in [4.78, 5) is 12.5. The minimum absolute atomic E-state index is 0.209. The normalized spacial score (nSPS) is 10.3. The average molecular weight is 479 g/mol. The van der Waals surface area contributed by atoms with E-state index in [1.54, 1.807) is 18.2 Å². The molecule has 2 N–H and O–H groups in total. The Morgan fingerprint density at radius 2 is 1.66 bits per heavy atom. The van der Waals surface area contributed by atoms with Crippen LogP contribution in [0.3, 0.4) is 0 Å². The summed E-state index contributed by atoms with van der Waals surface area (Å²) in [6.07, 6.45) is 4.08. The van der Waals surface area contributed by atoms with Crippen molar-refractivity contribution in [3.63, 3.8) is 0 Å². The zero-order chi connectivity index (χ0) is 21.1. The molecule has 0 aliphatic carbocycles. The van der Waals surface area contributed by atoms with E-state index in [-0.39, 0.29) is 11.0 Å². The third-order valence-corrected chi connectivity index (χ3v) is 4.89. The summed E-state index contributed by atoms with van der Waals surface area (Å²) in [5, 5.41) is 5.95. The van der Waals surface area contributed by atoms with Crippen LogP contribution in [0, 0.1) is 0 Å². The van der Waals surface area contributed by atoms with E-state index in [0.29, 0.717) is 30.3 Å². The zero-order valence-electron chi connectivity index (χ0n) is 16.8. The minimum Gasteiger partial charge on any atom is -0.492 e. The number of halogens is 1. The molecule has 0 heterocycles. The van der Waals surface area contributed by atoms with Crippen molar-refractivity contribution in [2.45, 2.75) is 39.5 Å². The fourth-order valence-corrected chi connectivity index (χ4v) is 3.13. The van der Waals surface area contributed by atoms with Crippen LogP contribution in [-0.4, -0.2) is 24.2 Å². The molecule has 156 valence electrons. The van der Waals surface area contributed by atoms with E-state index in [1.807, 2.05) is 24.3 Å². The van der Waals surface area contributed by atoms with Gasteiger partial charge in [0.05, 0.1) is 23.4 Å². The van der Waals surface area contributed by atoms with Crippen LogP contribution in [0.4, 0.5) is 5.69 Å². The molecule has 0 saturated carbocycles. The topological polar surface area (TPSA) is 59.6 Å². The van der Waals surface area contributed by atoms with E-state index in [2.05, 4.69) is 40.4 Å². The van der Waals surface area contributed by atoms with Gasteiger partial charge in [-0.2, -0.15) is 0 Å². The second-order valence-electron chi connectivity index (χ2n) is 6.45. The second kappa shape index (κ2) is 12.4. The van der Waals surface area contributed by atoms with Crippen molar-refractivity contribution in [3.05, 3.63) is 52.5 Å². The Morgan fingerprint density at radius 3 is 2.31 bits per heavy atom. The molecule has 0 bridgehead atoms. The number of nitrogens with one attached hydrogen (secondary N) is 2. The Kier molecular flexibility index (Phi) is 9.94. The predicted octanol–water partition coefficient (Wildman–Crippen LogP) is 5.93. The largest absolute Gasteiger partial charge is 0.492 e. The summed E-state index contributed by atoms with van der Waals surface area (Å²) < 4.78 is 12.2.